The Labute approximate surface area is 214 Å². The van der Waals surface area contributed by atoms with Crippen LogP contribution >= 0.6 is 0 Å². The van der Waals surface area contributed by atoms with Gasteiger partial charge in [0, 0.05) is 52.4 Å². The van der Waals surface area contributed by atoms with Crippen molar-refractivity contribution in [2.45, 2.75) is 63.1 Å². The molecule has 1 aliphatic carbocycles. The van der Waals surface area contributed by atoms with Gasteiger partial charge in [0.2, 0.25) is 5.91 Å². The molecule has 3 rings (SSSR count). The van der Waals surface area contributed by atoms with Gasteiger partial charge in [-0.25, -0.2) is 8.78 Å². The fraction of sp³-hybridized carbons (Fsp3) is 0.464. The standard InChI is InChI=1S/C28H34F2N2O3S/c1-3-5-12-36(35)13-9-27(34)32-25(17-21-15-23(29)18-24(30)16-21)26(33)19-31-28(10-11-28)22-8-6-7-20(4-2)14-22/h2,6-8,14-16,18,25-26,31,33H,3,5,9-13,17,19H2,1H3,(H,32,34). The van der Waals surface area contributed by atoms with E-state index in [0.717, 1.165) is 42.9 Å². The van der Waals surface area contributed by atoms with E-state index in [1.54, 1.807) is 0 Å². The quantitative estimate of drug-likeness (QED) is 0.336. The van der Waals surface area contributed by atoms with Gasteiger partial charge >= 0.3 is 0 Å². The zero-order valence-corrected chi connectivity index (χ0v) is 21.4. The Hall–Kier alpha value is -2.60. The van der Waals surface area contributed by atoms with Crippen LogP contribution in [0.2, 0.25) is 0 Å². The van der Waals surface area contributed by atoms with Crippen LogP contribution in [0.1, 0.15) is 55.7 Å². The minimum Gasteiger partial charge on any atom is -0.390 e. The fourth-order valence-corrected chi connectivity index (χ4v) is 5.43. The van der Waals surface area contributed by atoms with Crippen molar-refractivity contribution in [1.82, 2.24) is 10.6 Å². The third kappa shape index (κ3) is 8.22. The van der Waals surface area contributed by atoms with Crippen LogP contribution in [-0.2, 0) is 27.6 Å². The highest BCUT2D eigenvalue weighted by molar-refractivity contribution is 7.84. The van der Waals surface area contributed by atoms with E-state index in [0.29, 0.717) is 11.3 Å². The average Bonchev–Trinajstić information content (AvgIpc) is 3.65. The first-order chi connectivity index (χ1) is 17.2. The van der Waals surface area contributed by atoms with Gasteiger partial charge in [0.05, 0.1) is 12.1 Å². The third-order valence-electron chi connectivity index (χ3n) is 6.45. The highest BCUT2D eigenvalue weighted by atomic mass is 32.2. The highest BCUT2D eigenvalue weighted by Crippen LogP contribution is 2.45. The number of amides is 1. The summed E-state index contributed by atoms with van der Waals surface area (Å²) in [6, 6.07) is 10.1. The maximum absolute atomic E-state index is 13.8. The zero-order valence-electron chi connectivity index (χ0n) is 20.6. The van der Waals surface area contributed by atoms with Gasteiger partial charge in [-0.2, -0.15) is 0 Å². The normalized spacial score (nSPS) is 16.5. The minimum absolute atomic E-state index is 0.0434. The molecule has 0 spiro atoms. The van der Waals surface area contributed by atoms with Crippen molar-refractivity contribution in [3.05, 3.63) is 70.8 Å². The maximum atomic E-state index is 13.8. The molecule has 3 atom stereocenters. The van der Waals surface area contributed by atoms with E-state index in [2.05, 4.69) is 16.6 Å². The first-order valence-electron chi connectivity index (χ1n) is 12.3. The van der Waals surface area contributed by atoms with Gasteiger partial charge in [-0.3, -0.25) is 9.00 Å². The van der Waals surface area contributed by atoms with E-state index in [-0.39, 0.29) is 36.6 Å². The lowest BCUT2D eigenvalue weighted by Crippen LogP contribution is -2.50. The molecule has 0 heterocycles. The summed E-state index contributed by atoms with van der Waals surface area (Å²) in [5.74, 6) is 1.61. The number of nitrogens with one attached hydrogen (secondary N) is 2. The summed E-state index contributed by atoms with van der Waals surface area (Å²) in [6.07, 6.45) is 8.11. The summed E-state index contributed by atoms with van der Waals surface area (Å²) >= 11 is 0. The fourth-order valence-electron chi connectivity index (χ4n) is 4.20. The molecule has 0 bridgehead atoms. The third-order valence-corrected chi connectivity index (χ3v) is 7.86. The second-order valence-corrected chi connectivity index (χ2v) is 11.1. The van der Waals surface area contributed by atoms with Crippen molar-refractivity contribution in [3.8, 4) is 12.3 Å². The van der Waals surface area contributed by atoms with Gasteiger partial charge in [-0.15, -0.1) is 6.42 Å². The van der Waals surface area contributed by atoms with Crippen LogP contribution in [0.4, 0.5) is 8.78 Å². The lowest BCUT2D eigenvalue weighted by molar-refractivity contribution is -0.122. The molecule has 0 aromatic heterocycles. The zero-order chi connectivity index (χ0) is 26.1. The molecule has 0 radical (unpaired) electrons. The number of carbonyl (C=O) groups excluding carboxylic acids is 1. The Kier molecular flexibility index (Phi) is 10.2. The van der Waals surface area contributed by atoms with Crippen LogP contribution in [-0.4, -0.2) is 45.4 Å². The van der Waals surface area contributed by atoms with Crippen molar-refractivity contribution in [1.29, 1.82) is 0 Å². The van der Waals surface area contributed by atoms with Gasteiger partial charge < -0.3 is 15.7 Å². The first-order valence-corrected chi connectivity index (χ1v) is 13.8. The second-order valence-electron chi connectivity index (χ2n) is 9.36. The molecule has 1 saturated carbocycles. The van der Waals surface area contributed by atoms with Gasteiger partial charge in [0.1, 0.15) is 11.6 Å². The van der Waals surface area contributed by atoms with Crippen molar-refractivity contribution < 1.29 is 22.9 Å². The molecule has 0 saturated heterocycles. The minimum atomic E-state index is -1.09. The molecule has 5 nitrogen and oxygen atoms in total. The lowest BCUT2D eigenvalue weighted by atomic mass is 9.98. The largest absolute Gasteiger partial charge is 0.390 e. The summed E-state index contributed by atoms with van der Waals surface area (Å²) in [7, 11) is -1.09. The number of carbonyl (C=O) groups is 1. The van der Waals surface area contributed by atoms with Crippen LogP contribution in [0.3, 0.4) is 0 Å². The summed E-state index contributed by atoms with van der Waals surface area (Å²) in [5, 5.41) is 17.2. The molecule has 3 unspecified atom stereocenters. The van der Waals surface area contributed by atoms with Gasteiger partial charge in [-0.1, -0.05) is 31.4 Å². The Balaban J connectivity index is 1.67. The number of halogens is 2. The maximum Gasteiger partial charge on any atom is 0.221 e. The van der Waals surface area contributed by atoms with Crippen LogP contribution < -0.4 is 10.6 Å². The Morgan fingerprint density at radius 2 is 1.92 bits per heavy atom. The molecule has 1 amide bonds. The number of hydrogen-bond acceptors (Lipinski definition) is 4. The molecular weight excluding hydrogens is 482 g/mol. The van der Waals surface area contributed by atoms with E-state index < -0.39 is 34.6 Å². The van der Waals surface area contributed by atoms with Crippen LogP contribution in [0, 0.1) is 24.0 Å². The first kappa shape index (κ1) is 28.0. The van der Waals surface area contributed by atoms with Crippen LogP contribution in [0.15, 0.2) is 42.5 Å². The highest BCUT2D eigenvalue weighted by Gasteiger charge is 2.44. The summed E-state index contributed by atoms with van der Waals surface area (Å²) in [5.41, 5.74) is 1.83. The van der Waals surface area contributed by atoms with Crippen LogP contribution in [0.25, 0.3) is 0 Å². The molecule has 2 aromatic rings. The van der Waals surface area contributed by atoms with E-state index >= 15 is 0 Å². The molecule has 36 heavy (non-hydrogen) atoms. The number of aliphatic hydroxyl groups is 1. The lowest BCUT2D eigenvalue weighted by Gasteiger charge is -2.27. The topological polar surface area (TPSA) is 78.4 Å². The molecule has 3 N–H and O–H groups in total. The monoisotopic (exact) mass is 516 g/mol. The molecular formula is C28H34F2N2O3S. The van der Waals surface area contributed by atoms with Crippen LogP contribution in [0.5, 0.6) is 0 Å². The van der Waals surface area contributed by atoms with E-state index in [4.69, 9.17) is 6.42 Å². The molecule has 1 fully saturated rings. The SMILES string of the molecule is C#Cc1cccc(C2(NCC(O)C(Cc3cc(F)cc(F)c3)NC(=O)CCS(=O)CCCC)CC2)c1. The Bertz CT molecular complexity index is 1090. The number of terminal acetylenes is 1. The predicted octanol–water partition coefficient (Wildman–Crippen LogP) is 3.55. The Morgan fingerprint density at radius 3 is 2.56 bits per heavy atom. The van der Waals surface area contributed by atoms with Gasteiger partial charge in [-0.05, 0) is 61.1 Å². The molecule has 8 heteroatoms. The summed E-state index contributed by atoms with van der Waals surface area (Å²) in [6.45, 7) is 2.17. The Morgan fingerprint density at radius 1 is 1.19 bits per heavy atom. The smallest absolute Gasteiger partial charge is 0.221 e. The average molecular weight is 517 g/mol. The second kappa shape index (κ2) is 13.1. The number of aliphatic hydroxyl groups excluding tert-OH is 1. The van der Waals surface area contributed by atoms with Gasteiger partial charge in [0.15, 0.2) is 0 Å². The number of benzene rings is 2. The van der Waals surface area contributed by atoms with E-state index in [9.17, 15) is 22.9 Å². The number of rotatable bonds is 14. The predicted molar refractivity (Wildman–Crippen MR) is 139 cm³/mol. The summed E-state index contributed by atoms with van der Waals surface area (Å²) < 4.78 is 39.6. The number of unbranched alkanes of at least 4 members (excludes halogenated alkanes) is 1. The van der Waals surface area contributed by atoms with Crippen molar-refractivity contribution in [2.75, 3.05) is 18.1 Å². The van der Waals surface area contributed by atoms with E-state index in [1.807, 2.05) is 31.2 Å². The molecule has 2 aromatic carbocycles. The van der Waals surface area contributed by atoms with Crippen molar-refractivity contribution in [2.24, 2.45) is 0 Å². The van der Waals surface area contributed by atoms with Crippen molar-refractivity contribution in [3.63, 3.8) is 0 Å². The van der Waals surface area contributed by atoms with E-state index in [1.165, 1.54) is 12.1 Å². The molecule has 194 valence electrons. The molecule has 0 aliphatic heterocycles. The summed E-state index contributed by atoms with van der Waals surface area (Å²) in [4.78, 5) is 12.6. The van der Waals surface area contributed by atoms with Crippen molar-refractivity contribution >= 4 is 16.7 Å². The van der Waals surface area contributed by atoms with Gasteiger partial charge in [0.25, 0.3) is 0 Å². The number of hydrogen-bond donors (Lipinski definition) is 3. The molecule has 1 aliphatic rings.